The van der Waals surface area contributed by atoms with Gasteiger partial charge < -0.3 is 5.11 Å². The van der Waals surface area contributed by atoms with Crippen molar-refractivity contribution in [2.75, 3.05) is 13.1 Å². The summed E-state index contributed by atoms with van der Waals surface area (Å²) in [5.74, 6) is 0.656. The van der Waals surface area contributed by atoms with Gasteiger partial charge in [0.15, 0.2) is 0 Å². The van der Waals surface area contributed by atoms with Crippen LogP contribution in [0.5, 0.6) is 0 Å². The van der Waals surface area contributed by atoms with E-state index in [9.17, 15) is 9.90 Å². The van der Waals surface area contributed by atoms with Crippen LogP contribution in [0.2, 0.25) is 0 Å². The number of carbonyl (C=O) groups excluding carboxylic acids is 1. The van der Waals surface area contributed by atoms with Gasteiger partial charge in [-0.1, -0.05) is 18.2 Å². The van der Waals surface area contributed by atoms with Gasteiger partial charge in [0.2, 0.25) is 0 Å². The van der Waals surface area contributed by atoms with Crippen molar-refractivity contribution in [1.29, 1.82) is 0 Å². The van der Waals surface area contributed by atoms with E-state index in [1.54, 1.807) is 11.0 Å². The summed E-state index contributed by atoms with van der Waals surface area (Å²) in [5.41, 5.74) is 1.57. The van der Waals surface area contributed by atoms with Gasteiger partial charge in [-0.05, 0) is 6.07 Å². The molecule has 2 heterocycles. The Balaban J connectivity index is 2.16. The van der Waals surface area contributed by atoms with Crippen molar-refractivity contribution in [3.63, 3.8) is 0 Å². The van der Waals surface area contributed by atoms with Crippen LogP contribution in [0.15, 0.2) is 29.3 Å². The van der Waals surface area contributed by atoms with Gasteiger partial charge in [-0.3, -0.25) is 14.7 Å². The third kappa shape index (κ3) is 1.11. The molecule has 0 aliphatic carbocycles. The summed E-state index contributed by atoms with van der Waals surface area (Å²) in [4.78, 5) is 17.7. The monoisotopic (exact) mass is 202 g/mol. The third-order valence-corrected chi connectivity index (χ3v) is 2.74. The topological polar surface area (TPSA) is 52.9 Å². The van der Waals surface area contributed by atoms with Crippen molar-refractivity contribution in [3.05, 3.63) is 35.4 Å². The van der Waals surface area contributed by atoms with Crippen molar-refractivity contribution in [2.45, 2.75) is 6.10 Å². The molecule has 0 radical (unpaired) electrons. The molecule has 1 aromatic rings. The molecule has 1 unspecified atom stereocenters. The molecule has 0 bridgehead atoms. The van der Waals surface area contributed by atoms with Crippen molar-refractivity contribution in [3.8, 4) is 0 Å². The van der Waals surface area contributed by atoms with E-state index in [1.165, 1.54) is 0 Å². The average Bonchev–Trinajstić information content (AvgIpc) is 2.54. The Morgan fingerprint density at radius 1 is 1.33 bits per heavy atom. The Morgan fingerprint density at radius 2 is 2.07 bits per heavy atom. The minimum atomic E-state index is -0.535. The molecule has 4 heteroatoms. The summed E-state index contributed by atoms with van der Waals surface area (Å²) in [6.07, 6.45) is -0.535. The maximum atomic E-state index is 11.9. The molecule has 2 aliphatic rings. The van der Waals surface area contributed by atoms with E-state index in [0.29, 0.717) is 24.5 Å². The van der Waals surface area contributed by atoms with Gasteiger partial charge in [-0.2, -0.15) is 0 Å². The summed E-state index contributed by atoms with van der Waals surface area (Å²) >= 11 is 0. The first-order valence-corrected chi connectivity index (χ1v) is 4.91. The zero-order chi connectivity index (χ0) is 10.4. The zero-order valence-electron chi connectivity index (χ0n) is 8.05. The van der Waals surface area contributed by atoms with Gasteiger partial charge in [-0.15, -0.1) is 0 Å². The predicted molar refractivity (Wildman–Crippen MR) is 54.9 cm³/mol. The number of rotatable bonds is 0. The molecule has 1 aromatic carbocycles. The summed E-state index contributed by atoms with van der Waals surface area (Å²) in [5, 5.41) is 9.45. The number of aliphatic imine (C=N–C) groups is 1. The lowest BCUT2D eigenvalue weighted by atomic mass is 10.1. The molecule has 0 spiro atoms. The van der Waals surface area contributed by atoms with Crippen molar-refractivity contribution in [2.24, 2.45) is 4.99 Å². The van der Waals surface area contributed by atoms with Crippen LogP contribution in [0.3, 0.4) is 0 Å². The average molecular weight is 202 g/mol. The molecule has 0 saturated carbocycles. The van der Waals surface area contributed by atoms with Crippen molar-refractivity contribution in [1.82, 2.24) is 4.90 Å². The standard InChI is InChI=1S/C11H10N2O2/c14-7-5-12-10-8-3-1-2-4-9(8)11(15)13(10)6-7/h1-4,7,14H,5-6H2. The van der Waals surface area contributed by atoms with Crippen LogP contribution >= 0.6 is 0 Å². The fraction of sp³-hybridized carbons (Fsp3) is 0.273. The third-order valence-electron chi connectivity index (χ3n) is 2.74. The Kier molecular flexibility index (Phi) is 1.67. The molecular weight excluding hydrogens is 192 g/mol. The van der Waals surface area contributed by atoms with Crippen LogP contribution < -0.4 is 0 Å². The SMILES string of the molecule is O=C1c2ccccc2C2=NCC(O)CN12. The zero-order valence-corrected chi connectivity index (χ0v) is 8.05. The van der Waals surface area contributed by atoms with Crippen LogP contribution in [0, 0.1) is 0 Å². The maximum Gasteiger partial charge on any atom is 0.260 e. The summed E-state index contributed by atoms with van der Waals surface area (Å²) in [6.45, 7) is 0.736. The predicted octanol–water partition coefficient (Wildman–Crippen LogP) is 0.264. The van der Waals surface area contributed by atoms with Gasteiger partial charge in [0.25, 0.3) is 5.91 Å². The Hall–Kier alpha value is -1.68. The number of amidine groups is 1. The van der Waals surface area contributed by atoms with Gasteiger partial charge in [-0.25, -0.2) is 0 Å². The molecule has 1 atom stereocenters. The highest BCUT2D eigenvalue weighted by molar-refractivity contribution is 6.23. The minimum absolute atomic E-state index is 0.0527. The van der Waals surface area contributed by atoms with Crippen LogP contribution in [0.4, 0.5) is 0 Å². The summed E-state index contributed by atoms with van der Waals surface area (Å²) in [7, 11) is 0. The molecule has 0 aromatic heterocycles. The fourth-order valence-corrected chi connectivity index (χ4v) is 2.05. The first-order chi connectivity index (χ1) is 7.27. The second-order valence-electron chi connectivity index (χ2n) is 3.78. The number of fused-ring (bicyclic) bond motifs is 3. The Morgan fingerprint density at radius 3 is 2.87 bits per heavy atom. The van der Waals surface area contributed by atoms with Crippen LogP contribution in [-0.2, 0) is 0 Å². The van der Waals surface area contributed by atoms with E-state index >= 15 is 0 Å². The Bertz CT molecular complexity index is 467. The van der Waals surface area contributed by atoms with Gasteiger partial charge in [0.05, 0.1) is 24.8 Å². The van der Waals surface area contributed by atoms with Crippen molar-refractivity contribution < 1.29 is 9.90 Å². The molecule has 3 rings (SSSR count). The highest BCUT2D eigenvalue weighted by Crippen LogP contribution is 2.25. The van der Waals surface area contributed by atoms with E-state index in [-0.39, 0.29) is 5.91 Å². The lowest BCUT2D eigenvalue weighted by molar-refractivity contribution is 0.0764. The van der Waals surface area contributed by atoms with E-state index in [4.69, 9.17) is 0 Å². The highest BCUT2D eigenvalue weighted by Gasteiger charge is 2.36. The molecule has 2 aliphatic heterocycles. The van der Waals surface area contributed by atoms with E-state index in [1.807, 2.05) is 18.2 Å². The number of amides is 1. The normalized spacial score (nSPS) is 23.5. The lowest BCUT2D eigenvalue weighted by Crippen LogP contribution is -2.42. The second kappa shape index (κ2) is 2.90. The van der Waals surface area contributed by atoms with E-state index in [2.05, 4.69) is 4.99 Å². The maximum absolute atomic E-state index is 11.9. The number of carbonyl (C=O) groups is 1. The van der Waals surface area contributed by atoms with Crippen molar-refractivity contribution >= 4 is 11.7 Å². The molecular formula is C11H10N2O2. The van der Waals surface area contributed by atoms with Crippen LogP contribution in [-0.4, -0.2) is 40.9 Å². The molecule has 0 saturated heterocycles. The number of aliphatic hydroxyl groups excluding tert-OH is 1. The lowest BCUT2D eigenvalue weighted by Gasteiger charge is -2.24. The molecule has 0 fully saturated rings. The molecule has 76 valence electrons. The number of benzene rings is 1. The first-order valence-electron chi connectivity index (χ1n) is 4.91. The van der Waals surface area contributed by atoms with Gasteiger partial charge >= 0.3 is 0 Å². The van der Waals surface area contributed by atoms with Gasteiger partial charge in [0, 0.05) is 5.56 Å². The van der Waals surface area contributed by atoms with E-state index < -0.39 is 6.10 Å². The number of hydrogen-bond acceptors (Lipinski definition) is 3. The fourth-order valence-electron chi connectivity index (χ4n) is 2.05. The summed E-state index contributed by atoms with van der Waals surface area (Å²) < 4.78 is 0. The molecule has 15 heavy (non-hydrogen) atoms. The number of hydrogen-bond donors (Lipinski definition) is 1. The van der Waals surface area contributed by atoms with Gasteiger partial charge in [0.1, 0.15) is 5.84 Å². The highest BCUT2D eigenvalue weighted by atomic mass is 16.3. The van der Waals surface area contributed by atoms with Crippen LogP contribution in [0.25, 0.3) is 0 Å². The molecule has 1 N–H and O–H groups in total. The molecule has 1 amide bonds. The first kappa shape index (κ1) is 8.61. The second-order valence-corrected chi connectivity index (χ2v) is 3.78. The minimum Gasteiger partial charge on any atom is -0.389 e. The smallest absolute Gasteiger partial charge is 0.260 e. The van der Waals surface area contributed by atoms with E-state index in [0.717, 1.165) is 5.56 Å². The Labute approximate surface area is 86.9 Å². The molecule has 4 nitrogen and oxygen atoms in total. The largest absolute Gasteiger partial charge is 0.389 e. The number of nitrogens with zero attached hydrogens (tertiary/aromatic N) is 2. The number of aliphatic hydroxyl groups is 1. The summed E-state index contributed by atoms with van der Waals surface area (Å²) in [6, 6.07) is 7.42. The quantitative estimate of drug-likeness (QED) is 0.656. The van der Waals surface area contributed by atoms with Crippen LogP contribution in [0.1, 0.15) is 15.9 Å².